The first-order valence-electron chi connectivity index (χ1n) is 10.2. The van der Waals surface area contributed by atoms with Crippen LogP contribution in [0.15, 0.2) is 0 Å². The molecule has 6 nitrogen and oxygen atoms in total. The van der Waals surface area contributed by atoms with Gasteiger partial charge in [-0.05, 0) is 25.7 Å². The van der Waals surface area contributed by atoms with Crippen LogP contribution in [0, 0.1) is 0 Å². The Hall–Kier alpha value is -0.240. The van der Waals surface area contributed by atoms with Crippen LogP contribution in [-0.2, 0) is 0 Å². The third-order valence-corrected chi connectivity index (χ3v) is 6.35. The van der Waals surface area contributed by atoms with E-state index in [1.165, 1.54) is 77.8 Å². The molecule has 24 heavy (non-hydrogen) atoms. The molecule has 1 aliphatic carbocycles. The summed E-state index contributed by atoms with van der Waals surface area (Å²) in [6.07, 6.45) is 8.09. The second-order valence-electron chi connectivity index (χ2n) is 8.24. The minimum atomic E-state index is 0.651. The maximum atomic E-state index is 3.89. The Labute approximate surface area is 147 Å². The van der Waals surface area contributed by atoms with E-state index in [1.54, 1.807) is 0 Å². The fourth-order valence-electron chi connectivity index (χ4n) is 4.90. The SMILES string of the molecule is C1CCC2NCN3CCCN(CCN4CCCN(CNC2C1)C4)C3. The minimum Gasteiger partial charge on any atom is -0.300 e. The maximum Gasteiger partial charge on any atom is 0.0518 e. The summed E-state index contributed by atoms with van der Waals surface area (Å²) in [5.74, 6) is 0. The smallest absolute Gasteiger partial charge is 0.0518 e. The molecule has 138 valence electrons. The first kappa shape index (κ1) is 17.2. The molecule has 0 radical (unpaired) electrons. The molecule has 4 rings (SSSR count). The molecule has 3 heterocycles. The highest BCUT2D eigenvalue weighted by Gasteiger charge is 2.27. The summed E-state index contributed by atoms with van der Waals surface area (Å²) < 4.78 is 0. The quantitative estimate of drug-likeness (QED) is 0.664. The third kappa shape index (κ3) is 4.48. The van der Waals surface area contributed by atoms with Gasteiger partial charge < -0.3 is 0 Å². The van der Waals surface area contributed by atoms with Crippen molar-refractivity contribution in [2.24, 2.45) is 0 Å². The van der Waals surface area contributed by atoms with E-state index in [-0.39, 0.29) is 0 Å². The molecule has 6 unspecified atom stereocenters. The number of hydrogen-bond donors (Lipinski definition) is 2. The largest absolute Gasteiger partial charge is 0.300 e. The summed E-state index contributed by atoms with van der Waals surface area (Å²) in [5.41, 5.74) is 0. The van der Waals surface area contributed by atoms with Gasteiger partial charge in [0.15, 0.2) is 0 Å². The van der Waals surface area contributed by atoms with Crippen molar-refractivity contribution >= 4 is 0 Å². The number of fused-ring (bicyclic) bond motifs is 5. The van der Waals surface area contributed by atoms with Crippen molar-refractivity contribution in [2.45, 2.75) is 50.6 Å². The lowest BCUT2D eigenvalue weighted by Gasteiger charge is -2.42. The first-order valence-corrected chi connectivity index (χ1v) is 10.2. The Kier molecular flexibility index (Phi) is 6.04. The van der Waals surface area contributed by atoms with Gasteiger partial charge in [-0.1, -0.05) is 12.8 Å². The van der Waals surface area contributed by atoms with Crippen LogP contribution < -0.4 is 10.6 Å². The summed E-state index contributed by atoms with van der Waals surface area (Å²) >= 11 is 0. The average molecular weight is 337 g/mol. The minimum absolute atomic E-state index is 0.651. The molecule has 6 atom stereocenters. The fourth-order valence-corrected chi connectivity index (χ4v) is 4.90. The van der Waals surface area contributed by atoms with Crippen LogP contribution in [0.2, 0.25) is 0 Å². The monoisotopic (exact) mass is 336 g/mol. The van der Waals surface area contributed by atoms with Crippen molar-refractivity contribution in [3.63, 3.8) is 0 Å². The highest BCUT2D eigenvalue weighted by molar-refractivity contribution is 4.87. The maximum absolute atomic E-state index is 3.89. The zero-order chi connectivity index (χ0) is 16.2. The summed E-state index contributed by atoms with van der Waals surface area (Å²) in [6, 6.07) is 1.30. The Bertz CT molecular complexity index is 356. The Morgan fingerprint density at radius 3 is 1.46 bits per heavy atom. The number of rotatable bonds is 0. The van der Waals surface area contributed by atoms with Crippen molar-refractivity contribution in [2.75, 3.05) is 65.9 Å². The van der Waals surface area contributed by atoms with E-state index in [0.29, 0.717) is 12.1 Å². The Morgan fingerprint density at radius 2 is 0.958 bits per heavy atom. The van der Waals surface area contributed by atoms with Crippen molar-refractivity contribution in [3.8, 4) is 0 Å². The first-order chi connectivity index (χ1) is 11.9. The predicted octanol–water partition coefficient (Wildman–Crippen LogP) is 0.336. The van der Waals surface area contributed by atoms with Crippen LogP contribution in [0.3, 0.4) is 0 Å². The van der Waals surface area contributed by atoms with Crippen LogP contribution in [-0.4, -0.2) is 97.6 Å². The Balaban J connectivity index is 1.42. The van der Waals surface area contributed by atoms with Crippen LogP contribution in [0.5, 0.6) is 0 Å². The van der Waals surface area contributed by atoms with Gasteiger partial charge in [-0.25, -0.2) is 0 Å². The average Bonchev–Trinajstić information content (AvgIpc) is 2.64. The number of nitrogens with one attached hydrogen (secondary N) is 2. The summed E-state index contributed by atoms with van der Waals surface area (Å²) in [4.78, 5) is 10.5. The second kappa shape index (κ2) is 8.43. The lowest BCUT2D eigenvalue weighted by molar-refractivity contribution is 0.0324. The molecule has 3 aliphatic heterocycles. The summed E-state index contributed by atoms with van der Waals surface area (Å²) in [6.45, 7) is 11.9. The lowest BCUT2D eigenvalue weighted by atomic mass is 9.90. The lowest BCUT2D eigenvalue weighted by Crippen LogP contribution is -2.58. The fraction of sp³-hybridized carbons (Fsp3) is 1.00. The van der Waals surface area contributed by atoms with Crippen LogP contribution >= 0.6 is 0 Å². The molecule has 4 bridgehead atoms. The molecule has 6 heteroatoms. The molecule has 4 aliphatic rings. The van der Waals surface area contributed by atoms with E-state index >= 15 is 0 Å². The van der Waals surface area contributed by atoms with E-state index in [1.807, 2.05) is 0 Å². The van der Waals surface area contributed by atoms with Gasteiger partial charge in [-0.15, -0.1) is 0 Å². The molecule has 0 spiro atoms. The van der Waals surface area contributed by atoms with E-state index in [2.05, 4.69) is 30.2 Å². The molecule has 0 amide bonds. The normalized spacial score (nSPS) is 45.0. The van der Waals surface area contributed by atoms with E-state index in [9.17, 15) is 0 Å². The van der Waals surface area contributed by atoms with Gasteiger partial charge in [-0.2, -0.15) is 0 Å². The van der Waals surface area contributed by atoms with Gasteiger partial charge >= 0.3 is 0 Å². The van der Waals surface area contributed by atoms with E-state index < -0.39 is 0 Å². The van der Waals surface area contributed by atoms with Gasteiger partial charge in [0.25, 0.3) is 0 Å². The highest BCUT2D eigenvalue weighted by Crippen LogP contribution is 2.19. The van der Waals surface area contributed by atoms with Gasteiger partial charge in [0.1, 0.15) is 0 Å². The number of nitrogens with zero attached hydrogens (tertiary/aromatic N) is 4. The van der Waals surface area contributed by atoms with Gasteiger partial charge in [0, 0.05) is 64.7 Å². The molecule has 1 saturated carbocycles. The molecule has 0 aromatic rings. The van der Waals surface area contributed by atoms with Crippen molar-refractivity contribution in [3.05, 3.63) is 0 Å². The van der Waals surface area contributed by atoms with Gasteiger partial charge in [0.2, 0.25) is 0 Å². The molecule has 2 N–H and O–H groups in total. The predicted molar refractivity (Wildman–Crippen MR) is 97.6 cm³/mol. The topological polar surface area (TPSA) is 37.0 Å². The van der Waals surface area contributed by atoms with Crippen molar-refractivity contribution in [1.82, 2.24) is 30.2 Å². The molecule has 4 fully saturated rings. The van der Waals surface area contributed by atoms with Crippen LogP contribution in [0.4, 0.5) is 0 Å². The van der Waals surface area contributed by atoms with Gasteiger partial charge in [0.05, 0.1) is 13.3 Å². The molecular formula is C18H36N6. The Morgan fingerprint density at radius 1 is 0.500 bits per heavy atom. The summed E-state index contributed by atoms with van der Waals surface area (Å²) in [5, 5.41) is 7.79. The van der Waals surface area contributed by atoms with Crippen molar-refractivity contribution in [1.29, 1.82) is 0 Å². The van der Waals surface area contributed by atoms with Crippen LogP contribution in [0.25, 0.3) is 0 Å². The second-order valence-corrected chi connectivity index (χ2v) is 8.24. The third-order valence-electron chi connectivity index (χ3n) is 6.35. The standard InChI is InChI=1S/C18H36N6/c1-2-6-18-17(5-1)19-13-23-9-3-7-21(15-23)11-12-22-8-4-10-24(16-22)14-20-18/h17-20H,1-16H2. The van der Waals surface area contributed by atoms with Gasteiger partial charge in [-0.3, -0.25) is 30.2 Å². The highest BCUT2D eigenvalue weighted by atomic mass is 15.4. The molecular weight excluding hydrogens is 300 g/mol. The number of hydrogen-bond acceptors (Lipinski definition) is 6. The molecule has 3 saturated heterocycles. The van der Waals surface area contributed by atoms with E-state index in [4.69, 9.17) is 0 Å². The summed E-state index contributed by atoms with van der Waals surface area (Å²) in [7, 11) is 0. The van der Waals surface area contributed by atoms with Crippen LogP contribution in [0.1, 0.15) is 38.5 Å². The van der Waals surface area contributed by atoms with E-state index in [0.717, 1.165) is 26.7 Å². The molecule has 0 aromatic carbocycles. The zero-order valence-electron chi connectivity index (χ0n) is 15.3. The van der Waals surface area contributed by atoms with Crippen molar-refractivity contribution < 1.29 is 0 Å². The molecule has 0 aromatic heterocycles. The zero-order valence-corrected chi connectivity index (χ0v) is 15.3.